The van der Waals surface area contributed by atoms with Gasteiger partial charge in [0.05, 0.1) is 26.4 Å². The van der Waals surface area contributed by atoms with E-state index in [4.69, 9.17) is 23.7 Å². The summed E-state index contributed by atoms with van der Waals surface area (Å²) in [6, 6.07) is 6.25. The number of benzene rings is 1. The van der Waals surface area contributed by atoms with Gasteiger partial charge in [-0.05, 0) is 55.7 Å². The monoisotopic (exact) mass is 506 g/mol. The number of rotatable bonds is 14. The van der Waals surface area contributed by atoms with Crippen LogP contribution in [0, 0.1) is 11.3 Å². The molecule has 2 saturated heterocycles. The molecule has 2 N–H and O–H groups in total. The van der Waals surface area contributed by atoms with Crippen LogP contribution in [0.3, 0.4) is 0 Å². The number of methoxy groups -OCH3 is 2. The van der Waals surface area contributed by atoms with Crippen molar-refractivity contribution in [3.63, 3.8) is 0 Å². The molecule has 2 heterocycles. The first-order valence-electron chi connectivity index (χ1n) is 13.4. The van der Waals surface area contributed by atoms with Gasteiger partial charge >= 0.3 is 0 Å². The summed E-state index contributed by atoms with van der Waals surface area (Å²) in [7, 11) is 3.34. The van der Waals surface area contributed by atoms with Crippen molar-refractivity contribution in [2.24, 2.45) is 11.3 Å². The summed E-state index contributed by atoms with van der Waals surface area (Å²) >= 11 is 0. The van der Waals surface area contributed by atoms with Crippen LogP contribution in [0.15, 0.2) is 18.2 Å². The van der Waals surface area contributed by atoms with Crippen molar-refractivity contribution >= 4 is 5.91 Å². The van der Waals surface area contributed by atoms with Gasteiger partial charge in [-0.25, -0.2) is 0 Å². The molecule has 0 unspecified atom stereocenters. The van der Waals surface area contributed by atoms with Crippen molar-refractivity contribution in [2.45, 2.75) is 71.1 Å². The van der Waals surface area contributed by atoms with Gasteiger partial charge in [0.15, 0.2) is 11.5 Å². The maximum atomic E-state index is 12.9. The van der Waals surface area contributed by atoms with E-state index < -0.39 is 5.41 Å². The molecular weight excluding hydrogens is 460 g/mol. The van der Waals surface area contributed by atoms with Gasteiger partial charge in [0.1, 0.15) is 0 Å². The van der Waals surface area contributed by atoms with Crippen molar-refractivity contribution < 1.29 is 28.5 Å². The van der Waals surface area contributed by atoms with E-state index in [1.807, 2.05) is 18.2 Å². The molecule has 0 bridgehead atoms. The second kappa shape index (κ2) is 14.8. The Balaban J connectivity index is 1.38. The van der Waals surface area contributed by atoms with Crippen molar-refractivity contribution in [2.75, 3.05) is 53.7 Å². The SMILES string of the molecule is COCCCOc1cc(CO[C@@H]2CC[C@@H](CC(C)(C)C(=O)NCC3CCOCC3)NC2)ccc1OC. The third-order valence-corrected chi connectivity index (χ3v) is 7.20. The number of carbonyl (C=O) groups excluding carboxylic acids is 1. The predicted octanol–water partition coefficient (Wildman–Crippen LogP) is 3.71. The molecule has 8 heteroatoms. The lowest BCUT2D eigenvalue weighted by Gasteiger charge is -2.35. The fourth-order valence-electron chi connectivity index (χ4n) is 4.86. The predicted molar refractivity (Wildman–Crippen MR) is 140 cm³/mol. The van der Waals surface area contributed by atoms with Gasteiger partial charge in [-0.3, -0.25) is 4.79 Å². The lowest BCUT2D eigenvalue weighted by Crippen LogP contribution is -2.48. The normalized spacial score (nSPS) is 21.2. The van der Waals surface area contributed by atoms with Crippen LogP contribution in [0.2, 0.25) is 0 Å². The Morgan fingerprint density at radius 3 is 2.61 bits per heavy atom. The van der Waals surface area contributed by atoms with Crippen LogP contribution >= 0.6 is 0 Å². The molecule has 1 aromatic rings. The second-order valence-corrected chi connectivity index (χ2v) is 10.6. The topological polar surface area (TPSA) is 87.3 Å². The fraction of sp³-hybridized carbons (Fsp3) is 0.750. The molecule has 2 atom stereocenters. The lowest BCUT2D eigenvalue weighted by atomic mass is 9.82. The van der Waals surface area contributed by atoms with E-state index in [0.29, 0.717) is 31.8 Å². The molecule has 8 nitrogen and oxygen atoms in total. The molecule has 1 aromatic carbocycles. The van der Waals surface area contributed by atoms with Gasteiger partial charge in [-0.2, -0.15) is 0 Å². The number of ether oxygens (including phenoxy) is 5. The van der Waals surface area contributed by atoms with Gasteiger partial charge in [-0.1, -0.05) is 19.9 Å². The molecular formula is C28H46N2O6. The maximum Gasteiger partial charge on any atom is 0.225 e. The van der Waals surface area contributed by atoms with Crippen molar-refractivity contribution in [3.05, 3.63) is 23.8 Å². The molecule has 0 radical (unpaired) electrons. The highest BCUT2D eigenvalue weighted by atomic mass is 16.5. The standard InChI is InChI=1S/C28H46N2O6/c1-28(2,27(31)30-18-21-10-14-34-15-11-21)17-23-7-8-24(19-29-23)36-20-22-6-9-25(33-4)26(16-22)35-13-5-12-32-3/h6,9,16,21,23-24,29H,5,7-8,10-15,17-20H2,1-4H3,(H,30,31)/t23-,24+/m0/s1. The molecule has 1 amide bonds. The average Bonchev–Trinajstić information content (AvgIpc) is 2.89. The molecule has 36 heavy (non-hydrogen) atoms. The summed E-state index contributed by atoms with van der Waals surface area (Å²) in [6.07, 6.45) is 5.84. The molecule has 2 fully saturated rings. The van der Waals surface area contributed by atoms with E-state index in [1.165, 1.54) is 0 Å². The summed E-state index contributed by atoms with van der Waals surface area (Å²) in [5.74, 6) is 2.13. The number of hydrogen-bond acceptors (Lipinski definition) is 7. The second-order valence-electron chi connectivity index (χ2n) is 10.6. The highest BCUT2D eigenvalue weighted by Crippen LogP contribution is 2.30. The summed E-state index contributed by atoms with van der Waals surface area (Å²) in [5, 5.41) is 6.80. The van der Waals surface area contributed by atoms with Crippen LogP contribution in [-0.4, -0.2) is 71.8 Å². The van der Waals surface area contributed by atoms with E-state index in [9.17, 15) is 4.79 Å². The van der Waals surface area contributed by atoms with Gasteiger partial charge in [-0.15, -0.1) is 0 Å². The highest BCUT2D eigenvalue weighted by Gasteiger charge is 2.33. The number of carbonyl (C=O) groups is 1. The van der Waals surface area contributed by atoms with E-state index in [1.54, 1.807) is 14.2 Å². The Bertz CT molecular complexity index is 788. The Hall–Kier alpha value is -1.87. The van der Waals surface area contributed by atoms with E-state index in [-0.39, 0.29) is 12.0 Å². The zero-order chi connectivity index (χ0) is 25.8. The average molecular weight is 507 g/mol. The quantitative estimate of drug-likeness (QED) is 0.372. The lowest BCUT2D eigenvalue weighted by molar-refractivity contribution is -0.130. The molecule has 0 aromatic heterocycles. The number of amides is 1. The first-order chi connectivity index (χ1) is 17.4. The van der Waals surface area contributed by atoms with Crippen molar-refractivity contribution in [1.82, 2.24) is 10.6 Å². The Kier molecular flexibility index (Phi) is 11.8. The molecule has 2 aliphatic heterocycles. The highest BCUT2D eigenvalue weighted by molar-refractivity contribution is 5.81. The number of nitrogens with one attached hydrogen (secondary N) is 2. The minimum atomic E-state index is -0.403. The smallest absolute Gasteiger partial charge is 0.225 e. The Labute approximate surface area is 216 Å². The summed E-state index contributed by atoms with van der Waals surface area (Å²) in [4.78, 5) is 12.9. The zero-order valence-electron chi connectivity index (χ0n) is 22.6. The number of piperidine rings is 1. The summed E-state index contributed by atoms with van der Waals surface area (Å²) in [6.45, 7) is 9.03. The Morgan fingerprint density at radius 2 is 1.92 bits per heavy atom. The fourth-order valence-corrected chi connectivity index (χ4v) is 4.86. The maximum absolute atomic E-state index is 12.9. The first-order valence-corrected chi connectivity index (χ1v) is 13.4. The molecule has 204 valence electrons. The van der Waals surface area contributed by atoms with Gasteiger partial charge in [0.25, 0.3) is 0 Å². The largest absolute Gasteiger partial charge is 0.493 e. The molecule has 0 aliphatic carbocycles. The summed E-state index contributed by atoms with van der Waals surface area (Å²) in [5.41, 5.74) is 0.654. The van der Waals surface area contributed by atoms with Crippen molar-refractivity contribution in [3.8, 4) is 11.5 Å². The molecule has 0 spiro atoms. The minimum Gasteiger partial charge on any atom is -0.493 e. The van der Waals surface area contributed by atoms with Crippen LogP contribution in [0.5, 0.6) is 11.5 Å². The zero-order valence-corrected chi connectivity index (χ0v) is 22.6. The van der Waals surface area contributed by atoms with Crippen LogP contribution < -0.4 is 20.1 Å². The van der Waals surface area contributed by atoms with E-state index in [2.05, 4.69) is 24.5 Å². The van der Waals surface area contributed by atoms with Crippen LogP contribution in [-0.2, 0) is 25.6 Å². The van der Waals surface area contributed by atoms with Gasteiger partial charge in [0, 0.05) is 57.9 Å². The minimum absolute atomic E-state index is 0.147. The van der Waals surface area contributed by atoms with E-state index in [0.717, 1.165) is 81.9 Å². The molecule has 2 aliphatic rings. The van der Waals surface area contributed by atoms with Crippen molar-refractivity contribution in [1.29, 1.82) is 0 Å². The van der Waals surface area contributed by atoms with Gasteiger partial charge < -0.3 is 34.3 Å². The molecule has 0 saturated carbocycles. The number of hydrogen-bond donors (Lipinski definition) is 2. The van der Waals surface area contributed by atoms with Crippen LogP contribution in [0.4, 0.5) is 0 Å². The third-order valence-electron chi connectivity index (χ3n) is 7.20. The van der Waals surface area contributed by atoms with Gasteiger partial charge in [0.2, 0.25) is 5.91 Å². The Morgan fingerprint density at radius 1 is 1.11 bits per heavy atom. The summed E-state index contributed by atoms with van der Waals surface area (Å²) < 4.78 is 28.0. The van der Waals surface area contributed by atoms with E-state index >= 15 is 0 Å². The van der Waals surface area contributed by atoms with Crippen LogP contribution in [0.1, 0.15) is 57.9 Å². The first kappa shape index (κ1) is 28.7. The molecule has 3 rings (SSSR count). The van der Waals surface area contributed by atoms with Crippen LogP contribution in [0.25, 0.3) is 0 Å². The third kappa shape index (κ3) is 9.21.